The van der Waals surface area contributed by atoms with Crippen molar-refractivity contribution in [3.63, 3.8) is 0 Å². The van der Waals surface area contributed by atoms with E-state index < -0.39 is 6.10 Å². The van der Waals surface area contributed by atoms with E-state index in [0.717, 1.165) is 17.7 Å². The predicted octanol–water partition coefficient (Wildman–Crippen LogP) is 4.31. The third kappa shape index (κ3) is 5.55. The summed E-state index contributed by atoms with van der Waals surface area (Å²) in [7, 11) is 0. The van der Waals surface area contributed by atoms with Crippen LogP contribution in [0.15, 0.2) is 48.5 Å². The normalized spacial score (nSPS) is 16.9. The Kier molecular flexibility index (Phi) is 7.04. The molecule has 0 saturated heterocycles. The lowest BCUT2D eigenvalue weighted by atomic mass is 10.1. The van der Waals surface area contributed by atoms with Gasteiger partial charge in [-0.05, 0) is 24.5 Å². The molecule has 0 bridgehead atoms. The van der Waals surface area contributed by atoms with Crippen LogP contribution >= 0.6 is 0 Å². The fourth-order valence-corrected chi connectivity index (χ4v) is 3.40. The van der Waals surface area contributed by atoms with Gasteiger partial charge in [0.25, 0.3) is 0 Å². The minimum atomic E-state index is -0.408. The van der Waals surface area contributed by atoms with Crippen molar-refractivity contribution in [2.75, 3.05) is 19.6 Å². The van der Waals surface area contributed by atoms with E-state index in [9.17, 15) is 9.18 Å². The van der Waals surface area contributed by atoms with Crippen molar-refractivity contribution >= 4 is 5.91 Å². The number of hydrogen-bond acceptors (Lipinski definition) is 3. The number of nitrogens with one attached hydrogen (secondary N) is 1. The van der Waals surface area contributed by atoms with Crippen molar-refractivity contribution in [3.05, 3.63) is 65.5 Å². The zero-order valence-electron chi connectivity index (χ0n) is 16.7. The number of para-hydroxylation sites is 1. The largest absolute Gasteiger partial charge is 0.484 e. The van der Waals surface area contributed by atoms with Crippen LogP contribution in [0.1, 0.15) is 43.9 Å². The van der Waals surface area contributed by atoms with Gasteiger partial charge in [-0.15, -0.1) is 0 Å². The van der Waals surface area contributed by atoms with Crippen molar-refractivity contribution in [1.29, 1.82) is 0 Å². The number of benzene rings is 2. The summed E-state index contributed by atoms with van der Waals surface area (Å²) in [6.45, 7) is 6.82. The molecule has 0 saturated carbocycles. The average molecular weight is 384 g/mol. The van der Waals surface area contributed by atoms with Crippen LogP contribution < -0.4 is 10.1 Å². The lowest BCUT2D eigenvalue weighted by Crippen LogP contribution is -2.33. The van der Waals surface area contributed by atoms with E-state index in [1.807, 2.05) is 30.3 Å². The number of nitrogens with zero attached hydrogens (tertiary/aromatic N) is 1. The van der Waals surface area contributed by atoms with Crippen molar-refractivity contribution in [1.82, 2.24) is 10.2 Å². The molecule has 1 aliphatic rings. The molecule has 2 aromatic rings. The molecule has 1 amide bonds. The van der Waals surface area contributed by atoms with Gasteiger partial charge in [-0.3, -0.25) is 9.69 Å². The van der Waals surface area contributed by atoms with Gasteiger partial charge in [0.1, 0.15) is 17.7 Å². The molecule has 150 valence electrons. The quantitative estimate of drug-likeness (QED) is 0.773. The highest BCUT2D eigenvalue weighted by Gasteiger charge is 2.26. The van der Waals surface area contributed by atoms with E-state index in [1.165, 1.54) is 6.07 Å². The highest BCUT2D eigenvalue weighted by atomic mass is 19.1. The van der Waals surface area contributed by atoms with Crippen molar-refractivity contribution in [3.8, 4) is 5.75 Å². The molecule has 28 heavy (non-hydrogen) atoms. The number of ether oxygens (including phenoxy) is 1. The summed E-state index contributed by atoms with van der Waals surface area (Å²) in [6.07, 6.45) is 0.991. The Balaban J connectivity index is 1.69. The van der Waals surface area contributed by atoms with E-state index in [0.29, 0.717) is 44.1 Å². The Morgan fingerprint density at radius 3 is 2.75 bits per heavy atom. The number of carbonyl (C=O) groups excluding carboxylic acids is 1. The number of halogens is 1. The second kappa shape index (κ2) is 9.69. The number of carbonyl (C=O) groups is 1. The molecule has 4 nitrogen and oxygen atoms in total. The number of rotatable bonds is 7. The minimum absolute atomic E-state index is 0.0570. The summed E-state index contributed by atoms with van der Waals surface area (Å²) in [6, 6.07) is 14.6. The maximum absolute atomic E-state index is 14.4. The van der Waals surface area contributed by atoms with Crippen LogP contribution in [0.5, 0.6) is 5.75 Å². The molecule has 0 radical (unpaired) electrons. The van der Waals surface area contributed by atoms with Crippen molar-refractivity contribution in [2.45, 2.75) is 39.3 Å². The molecule has 1 unspecified atom stereocenters. The van der Waals surface area contributed by atoms with Gasteiger partial charge in [0.2, 0.25) is 5.91 Å². The molecule has 1 aliphatic heterocycles. The van der Waals surface area contributed by atoms with E-state index in [4.69, 9.17) is 4.74 Å². The fraction of sp³-hybridized carbons (Fsp3) is 0.435. The zero-order valence-corrected chi connectivity index (χ0v) is 16.7. The second-order valence-electron chi connectivity index (χ2n) is 7.75. The van der Waals surface area contributed by atoms with E-state index in [2.05, 4.69) is 24.1 Å². The third-order valence-electron chi connectivity index (χ3n) is 5.01. The smallest absolute Gasteiger partial charge is 0.221 e. The average Bonchev–Trinajstić information content (AvgIpc) is 2.85. The van der Waals surface area contributed by atoms with Gasteiger partial charge in [-0.25, -0.2) is 4.39 Å². The summed E-state index contributed by atoms with van der Waals surface area (Å²) in [5.41, 5.74) is 1.60. The molecular weight excluding hydrogens is 355 g/mol. The van der Waals surface area contributed by atoms with Gasteiger partial charge in [-0.1, -0.05) is 50.2 Å². The van der Waals surface area contributed by atoms with E-state index in [-0.39, 0.29) is 11.7 Å². The zero-order chi connectivity index (χ0) is 19.9. The van der Waals surface area contributed by atoms with Crippen LogP contribution in [0.4, 0.5) is 4.39 Å². The minimum Gasteiger partial charge on any atom is -0.484 e. The van der Waals surface area contributed by atoms with Crippen LogP contribution in [0.2, 0.25) is 0 Å². The highest BCUT2D eigenvalue weighted by molar-refractivity contribution is 5.76. The topological polar surface area (TPSA) is 41.6 Å². The van der Waals surface area contributed by atoms with Crippen LogP contribution in [0.25, 0.3) is 0 Å². The number of hydrogen-bond donors (Lipinski definition) is 1. The molecule has 5 heteroatoms. The number of amides is 1. The third-order valence-corrected chi connectivity index (χ3v) is 5.01. The molecular formula is C23H29FN2O2. The molecule has 2 aromatic carbocycles. The lowest BCUT2D eigenvalue weighted by molar-refractivity contribution is -0.121. The molecule has 1 N–H and O–H groups in total. The predicted molar refractivity (Wildman–Crippen MR) is 109 cm³/mol. The molecule has 0 aliphatic carbocycles. The molecule has 0 aromatic heterocycles. The monoisotopic (exact) mass is 384 g/mol. The van der Waals surface area contributed by atoms with Gasteiger partial charge in [-0.2, -0.15) is 0 Å². The first kappa shape index (κ1) is 20.3. The first-order valence-electron chi connectivity index (χ1n) is 10.0. The first-order chi connectivity index (χ1) is 13.5. The van der Waals surface area contributed by atoms with Crippen LogP contribution in [-0.2, 0) is 11.3 Å². The van der Waals surface area contributed by atoms with Crippen LogP contribution in [-0.4, -0.2) is 30.4 Å². The lowest BCUT2D eigenvalue weighted by Gasteiger charge is -2.24. The Bertz CT molecular complexity index is 794. The fourth-order valence-electron chi connectivity index (χ4n) is 3.40. The van der Waals surface area contributed by atoms with Gasteiger partial charge >= 0.3 is 0 Å². The van der Waals surface area contributed by atoms with E-state index >= 15 is 0 Å². The Morgan fingerprint density at radius 1 is 1.21 bits per heavy atom. The van der Waals surface area contributed by atoms with Gasteiger partial charge < -0.3 is 10.1 Å². The SMILES string of the molecule is CC(C)CCNC(=O)CCN1Cc2ccccc2OC(c2ccccc2F)C1. The Labute approximate surface area is 166 Å². The standard InChI is InChI=1S/C23H29FN2O2/c1-17(2)11-13-25-23(27)12-14-26-15-18-7-3-6-10-21(18)28-22(16-26)19-8-4-5-9-20(19)24/h3-10,17,22H,11-16H2,1-2H3,(H,25,27). The summed E-state index contributed by atoms with van der Waals surface area (Å²) < 4.78 is 20.5. The summed E-state index contributed by atoms with van der Waals surface area (Å²) in [5, 5.41) is 2.98. The summed E-state index contributed by atoms with van der Waals surface area (Å²) in [4.78, 5) is 14.3. The number of fused-ring (bicyclic) bond motifs is 1. The van der Waals surface area contributed by atoms with Crippen molar-refractivity contribution < 1.29 is 13.9 Å². The second-order valence-corrected chi connectivity index (χ2v) is 7.75. The summed E-state index contributed by atoms with van der Waals surface area (Å²) >= 11 is 0. The van der Waals surface area contributed by atoms with E-state index in [1.54, 1.807) is 12.1 Å². The maximum atomic E-state index is 14.4. The molecule has 0 spiro atoms. The first-order valence-corrected chi connectivity index (χ1v) is 10.0. The summed E-state index contributed by atoms with van der Waals surface area (Å²) in [5.74, 6) is 1.14. The molecule has 0 fully saturated rings. The highest BCUT2D eigenvalue weighted by Crippen LogP contribution is 2.32. The Hall–Kier alpha value is -2.40. The molecule has 1 heterocycles. The van der Waals surface area contributed by atoms with Gasteiger partial charge in [0.05, 0.1) is 0 Å². The maximum Gasteiger partial charge on any atom is 0.221 e. The Morgan fingerprint density at radius 2 is 1.96 bits per heavy atom. The van der Waals surface area contributed by atoms with Gasteiger partial charge in [0.15, 0.2) is 0 Å². The van der Waals surface area contributed by atoms with Crippen LogP contribution in [0, 0.1) is 11.7 Å². The van der Waals surface area contributed by atoms with Crippen LogP contribution in [0.3, 0.4) is 0 Å². The van der Waals surface area contributed by atoms with Crippen molar-refractivity contribution in [2.24, 2.45) is 5.92 Å². The van der Waals surface area contributed by atoms with Gasteiger partial charge in [0, 0.05) is 43.7 Å². The molecule has 3 rings (SSSR count). The molecule has 1 atom stereocenters.